The fourth-order valence-electron chi connectivity index (χ4n) is 4.81. The van der Waals surface area contributed by atoms with Gasteiger partial charge in [-0.05, 0) is 68.2 Å². The van der Waals surface area contributed by atoms with E-state index in [9.17, 15) is 18.3 Å². The first kappa shape index (κ1) is 26.3. The molecule has 0 aromatic heterocycles. The van der Waals surface area contributed by atoms with E-state index in [1.807, 2.05) is 0 Å². The number of carboxylic acid groups (broad SMARTS) is 1. The minimum absolute atomic E-state index is 0.0620. The molecule has 0 spiro atoms. The van der Waals surface area contributed by atoms with Crippen molar-refractivity contribution in [2.45, 2.75) is 62.5 Å². The Labute approximate surface area is 202 Å². The van der Waals surface area contributed by atoms with Gasteiger partial charge in [0, 0.05) is 32.1 Å². The second kappa shape index (κ2) is 11.0. The van der Waals surface area contributed by atoms with Crippen LogP contribution in [0.1, 0.15) is 43.4 Å². The van der Waals surface area contributed by atoms with Gasteiger partial charge in [0.25, 0.3) is 0 Å². The summed E-state index contributed by atoms with van der Waals surface area (Å²) in [7, 11) is -2.43. The fourth-order valence-corrected chi connectivity index (χ4v) is 6.27. The predicted octanol–water partition coefficient (Wildman–Crippen LogP) is 2.86. The van der Waals surface area contributed by atoms with E-state index in [-0.39, 0.29) is 36.4 Å². The normalized spacial score (nSPS) is 15.4. The highest BCUT2D eigenvalue weighted by Gasteiger charge is 2.30. The summed E-state index contributed by atoms with van der Waals surface area (Å²) in [5.41, 5.74) is 3.09. The number of rotatable bonds is 12. The van der Waals surface area contributed by atoms with Crippen molar-refractivity contribution in [3.63, 3.8) is 0 Å². The van der Waals surface area contributed by atoms with Crippen molar-refractivity contribution in [2.24, 2.45) is 5.92 Å². The summed E-state index contributed by atoms with van der Waals surface area (Å²) in [6.45, 7) is 4.43. The van der Waals surface area contributed by atoms with Gasteiger partial charge in [-0.1, -0.05) is 42.5 Å². The van der Waals surface area contributed by atoms with E-state index in [4.69, 9.17) is 5.11 Å². The minimum atomic E-state index is -3.86. The first-order valence-electron chi connectivity index (χ1n) is 11.7. The quantitative estimate of drug-likeness (QED) is 0.424. The van der Waals surface area contributed by atoms with E-state index in [1.54, 1.807) is 18.2 Å². The van der Waals surface area contributed by atoms with E-state index in [2.05, 4.69) is 43.4 Å². The molecule has 0 unspecified atom stereocenters. The second-order valence-corrected chi connectivity index (χ2v) is 12.0. The number of benzene rings is 2. The molecule has 0 radical (unpaired) electrons. The van der Waals surface area contributed by atoms with Gasteiger partial charge in [-0.15, -0.1) is 0 Å². The summed E-state index contributed by atoms with van der Waals surface area (Å²) in [5.74, 6) is -0.437. The third kappa shape index (κ3) is 6.88. The number of β-amino-alcohol motifs (C(OH)–C–C–N with tert-alkyl or cyclic N) is 1. The van der Waals surface area contributed by atoms with Crippen LogP contribution in [0.2, 0.25) is 0 Å². The molecule has 1 aliphatic rings. The second-order valence-electron chi connectivity index (χ2n) is 9.95. The van der Waals surface area contributed by atoms with Crippen LogP contribution in [0.5, 0.6) is 0 Å². The molecule has 1 atom stereocenters. The zero-order valence-electron chi connectivity index (χ0n) is 20.2. The average molecular weight is 489 g/mol. The number of nitrogens with one attached hydrogen (secondary N) is 1. The number of fused-ring (bicyclic) bond motifs is 1. The number of aliphatic carboxylic acids is 1. The van der Waals surface area contributed by atoms with Gasteiger partial charge in [0.15, 0.2) is 0 Å². The molecular weight excluding hydrogens is 452 g/mol. The lowest BCUT2D eigenvalue weighted by Crippen LogP contribution is -2.47. The molecule has 0 bridgehead atoms. The topological polar surface area (TPSA) is 107 Å². The summed E-state index contributed by atoms with van der Waals surface area (Å²) in [6, 6.07) is 15.0. The fraction of sp³-hybridized carbons (Fsp3) is 0.500. The van der Waals surface area contributed by atoms with E-state index < -0.39 is 22.1 Å². The first-order chi connectivity index (χ1) is 16.0. The van der Waals surface area contributed by atoms with Gasteiger partial charge in [-0.2, -0.15) is 4.31 Å². The van der Waals surface area contributed by atoms with Crippen molar-refractivity contribution < 1.29 is 23.4 Å². The number of hydrogen-bond donors (Lipinski definition) is 3. The molecule has 2 aromatic carbocycles. The Hall–Kier alpha value is -2.26. The molecule has 0 aliphatic heterocycles. The van der Waals surface area contributed by atoms with Crippen molar-refractivity contribution >= 4 is 16.0 Å². The zero-order chi connectivity index (χ0) is 24.9. The molecule has 3 rings (SSSR count). The lowest BCUT2D eigenvalue weighted by molar-refractivity contribution is -0.136. The molecule has 0 heterocycles. The molecule has 0 saturated carbocycles. The molecule has 2 aromatic rings. The van der Waals surface area contributed by atoms with Crippen molar-refractivity contribution in [1.29, 1.82) is 0 Å². The molecule has 186 valence electrons. The maximum absolute atomic E-state index is 13.1. The van der Waals surface area contributed by atoms with Gasteiger partial charge < -0.3 is 15.5 Å². The summed E-state index contributed by atoms with van der Waals surface area (Å²) in [6.07, 6.45) is 2.18. The smallest absolute Gasteiger partial charge is 0.303 e. The number of carbonyl (C=O) groups is 1. The Morgan fingerprint density at radius 1 is 1.12 bits per heavy atom. The highest BCUT2D eigenvalue weighted by atomic mass is 32.2. The molecule has 0 amide bonds. The van der Waals surface area contributed by atoms with Crippen LogP contribution in [-0.2, 0) is 34.1 Å². The Morgan fingerprint density at radius 2 is 1.71 bits per heavy atom. The third-order valence-electron chi connectivity index (χ3n) is 6.49. The van der Waals surface area contributed by atoms with E-state index >= 15 is 0 Å². The number of aliphatic hydroxyl groups is 1. The molecular formula is C26H36N2O5S. The van der Waals surface area contributed by atoms with Crippen LogP contribution in [0.4, 0.5) is 0 Å². The molecule has 3 N–H and O–H groups in total. The van der Waals surface area contributed by atoms with Crippen LogP contribution in [0, 0.1) is 5.92 Å². The molecule has 8 heteroatoms. The largest absolute Gasteiger partial charge is 0.481 e. The minimum Gasteiger partial charge on any atom is -0.481 e. The number of hydrogen-bond acceptors (Lipinski definition) is 5. The number of nitrogens with zero attached hydrogens (tertiary/aromatic N) is 1. The average Bonchev–Trinajstić information content (AvgIpc) is 3.18. The van der Waals surface area contributed by atoms with Crippen molar-refractivity contribution in [1.82, 2.24) is 9.62 Å². The van der Waals surface area contributed by atoms with Gasteiger partial charge in [0.05, 0.1) is 11.0 Å². The van der Waals surface area contributed by atoms with Crippen LogP contribution < -0.4 is 5.32 Å². The van der Waals surface area contributed by atoms with Crippen LogP contribution in [-0.4, -0.2) is 60.7 Å². The number of aliphatic hydroxyl groups excluding tert-OH is 1. The number of likely N-dealkylation sites (N-methyl/N-ethyl adjacent to an activating group) is 1. The molecule has 1 aliphatic carbocycles. The monoisotopic (exact) mass is 488 g/mol. The molecule has 7 nitrogen and oxygen atoms in total. The Kier molecular flexibility index (Phi) is 8.52. The summed E-state index contributed by atoms with van der Waals surface area (Å²) in [4.78, 5) is 11.0. The highest BCUT2D eigenvalue weighted by molar-refractivity contribution is 7.89. The third-order valence-corrected chi connectivity index (χ3v) is 8.41. The van der Waals surface area contributed by atoms with Crippen molar-refractivity contribution in [3.8, 4) is 0 Å². The predicted molar refractivity (Wildman–Crippen MR) is 132 cm³/mol. The van der Waals surface area contributed by atoms with E-state index in [0.29, 0.717) is 11.5 Å². The zero-order valence-corrected chi connectivity index (χ0v) is 21.0. The van der Waals surface area contributed by atoms with E-state index in [0.717, 1.165) is 23.6 Å². The van der Waals surface area contributed by atoms with Crippen molar-refractivity contribution in [3.05, 3.63) is 65.2 Å². The number of aryl methyl sites for hydroxylation is 1. The van der Waals surface area contributed by atoms with Gasteiger partial charge in [0.1, 0.15) is 0 Å². The van der Waals surface area contributed by atoms with E-state index in [1.165, 1.54) is 24.2 Å². The summed E-state index contributed by atoms with van der Waals surface area (Å²) in [5, 5.41) is 23.0. The number of carboxylic acids is 1. The molecule has 0 saturated heterocycles. The maximum Gasteiger partial charge on any atom is 0.303 e. The van der Waals surface area contributed by atoms with Crippen LogP contribution in [0.3, 0.4) is 0 Å². The van der Waals surface area contributed by atoms with Crippen LogP contribution >= 0.6 is 0 Å². The summed E-state index contributed by atoms with van der Waals surface area (Å²) >= 11 is 0. The Morgan fingerprint density at radius 3 is 2.32 bits per heavy atom. The van der Waals surface area contributed by atoms with Crippen LogP contribution in [0.25, 0.3) is 0 Å². The van der Waals surface area contributed by atoms with Crippen LogP contribution in [0.15, 0.2) is 53.4 Å². The molecule has 0 fully saturated rings. The standard InChI is InChI=1S/C26H36N2O5S/c1-26(2,16-19-14-21-9-4-5-10-22(21)15-19)27-17-23(29)18-28(3)34(32,33)24-11-7-6-8-20(24)12-13-25(30)31/h4-11,19,23,27,29H,12-18H2,1-3H3,(H,30,31)/t23-/m1/s1. The first-order valence-corrected chi connectivity index (χ1v) is 13.2. The lowest BCUT2D eigenvalue weighted by Gasteiger charge is -2.31. The lowest BCUT2D eigenvalue weighted by atomic mass is 9.88. The SMILES string of the molecule is CN(C[C@H](O)CNC(C)(C)CC1Cc2ccccc2C1)S(=O)(=O)c1ccccc1CCC(=O)O. The Balaban J connectivity index is 1.54. The summed E-state index contributed by atoms with van der Waals surface area (Å²) < 4.78 is 27.4. The van der Waals surface area contributed by atoms with Crippen molar-refractivity contribution in [2.75, 3.05) is 20.1 Å². The molecule has 34 heavy (non-hydrogen) atoms. The van der Waals surface area contributed by atoms with Gasteiger partial charge in [-0.25, -0.2) is 8.42 Å². The van der Waals surface area contributed by atoms with Gasteiger partial charge in [0.2, 0.25) is 10.0 Å². The van der Waals surface area contributed by atoms with Gasteiger partial charge >= 0.3 is 5.97 Å². The Bertz CT molecular complexity index is 1070. The maximum atomic E-state index is 13.1. The highest BCUT2D eigenvalue weighted by Crippen LogP contribution is 2.32. The van der Waals surface area contributed by atoms with Gasteiger partial charge in [-0.3, -0.25) is 4.79 Å². The number of sulfonamides is 1.